The van der Waals surface area contributed by atoms with Crippen LogP contribution in [0.1, 0.15) is 160 Å². The smallest absolute Gasteiger partial charge is 0.407 e. The van der Waals surface area contributed by atoms with Gasteiger partial charge in [-0.05, 0) is 129 Å². The number of hydrogen-bond acceptors (Lipinski definition) is 16. The summed E-state index contributed by atoms with van der Waals surface area (Å²) in [6.45, 7) is 14.6. The van der Waals surface area contributed by atoms with Crippen molar-refractivity contribution >= 4 is 62.6 Å². The molecule has 488 valence electrons. The molecule has 3 aromatic heterocycles. The molecule has 5 saturated heterocycles. The number of rotatable bonds is 25. The number of anilines is 1. The normalized spacial score (nSPS) is 22.1. The Bertz CT molecular complexity index is 3590. The summed E-state index contributed by atoms with van der Waals surface area (Å²) in [5.41, 5.74) is 4.43. The zero-order valence-electron chi connectivity index (χ0n) is 53.4. The third-order valence-corrected chi connectivity index (χ3v) is 20.5. The van der Waals surface area contributed by atoms with Gasteiger partial charge in [0.1, 0.15) is 53.9 Å². The molecule has 91 heavy (non-hydrogen) atoms. The van der Waals surface area contributed by atoms with Crippen molar-refractivity contribution in [2.24, 2.45) is 5.41 Å². The number of aromatic hydroxyl groups is 1. The lowest BCUT2D eigenvalue weighted by atomic mass is 9.85. The second kappa shape index (κ2) is 28.4. The first kappa shape index (κ1) is 65.4. The highest BCUT2D eigenvalue weighted by Gasteiger charge is 2.51. The van der Waals surface area contributed by atoms with Crippen LogP contribution in [0.15, 0.2) is 60.2 Å². The zero-order chi connectivity index (χ0) is 64.1. The number of piperazine rings is 1. The fourth-order valence-corrected chi connectivity index (χ4v) is 15.5. The van der Waals surface area contributed by atoms with Gasteiger partial charge in [0.25, 0.3) is 0 Å². The number of aryl methyl sites for hydroxylation is 2. The number of nitrogens with zero attached hydrogens (tertiary/aromatic N) is 7. The molecule has 5 aliphatic heterocycles. The molecule has 22 heteroatoms. The number of unbranched alkanes of at least 4 members (excludes halogenated alkanes) is 7. The van der Waals surface area contributed by atoms with Crippen LogP contribution in [-0.2, 0) is 25.5 Å². The van der Waals surface area contributed by atoms with Crippen LogP contribution in [0.5, 0.6) is 11.8 Å². The van der Waals surface area contributed by atoms with Gasteiger partial charge in [-0.25, -0.2) is 18.6 Å². The number of ether oxygens (including phenoxy) is 2. The number of pyridine rings is 1. The van der Waals surface area contributed by atoms with Crippen LogP contribution in [0.3, 0.4) is 0 Å². The predicted octanol–water partition coefficient (Wildman–Crippen LogP) is 10.7. The van der Waals surface area contributed by atoms with Crippen LogP contribution in [0.25, 0.3) is 43.4 Å². The van der Waals surface area contributed by atoms with Crippen LogP contribution in [0, 0.1) is 24.0 Å². The summed E-state index contributed by atoms with van der Waals surface area (Å²) in [4.78, 5) is 80.0. The first-order valence-corrected chi connectivity index (χ1v) is 33.9. The average Bonchev–Trinajstić information content (AvgIpc) is 1.47. The van der Waals surface area contributed by atoms with Gasteiger partial charge in [0.2, 0.25) is 17.7 Å². The summed E-state index contributed by atoms with van der Waals surface area (Å²) in [6, 6.07) is 12.4. The zero-order valence-corrected chi connectivity index (χ0v) is 54.2. The van der Waals surface area contributed by atoms with Crippen molar-refractivity contribution in [2.75, 3.05) is 50.8 Å². The van der Waals surface area contributed by atoms with Gasteiger partial charge in [-0.1, -0.05) is 96.6 Å². The topological polar surface area (TPSA) is 237 Å². The van der Waals surface area contributed by atoms with Crippen molar-refractivity contribution in [3.8, 4) is 33.5 Å². The van der Waals surface area contributed by atoms with Gasteiger partial charge in [-0.3, -0.25) is 24.3 Å². The SMILES string of the molecule is CCc1c(F)ccc2cc(O)cc(-c3ncc4c(N5CC6CCC(C5)N6)nc(OCC56CCCN5C(COC(=O)NCCCCCCCCCCC(=O)N[C@H](C(=O)N5C[C@H](O)C[C@H]5C(=O)N[C@@H](C)c5ccc(-c7scnc7C)cc5)C(C)(C)C)CC6)nc4c3F)c12. The van der Waals surface area contributed by atoms with Gasteiger partial charge in [-0.15, -0.1) is 11.3 Å². The number of amides is 4. The van der Waals surface area contributed by atoms with Crippen LogP contribution < -0.4 is 30.9 Å². The highest BCUT2D eigenvalue weighted by Crippen LogP contribution is 2.44. The van der Waals surface area contributed by atoms with Crippen molar-refractivity contribution in [1.29, 1.82) is 0 Å². The van der Waals surface area contributed by atoms with Crippen molar-refractivity contribution in [3.63, 3.8) is 0 Å². The number of aliphatic hydroxyl groups is 1. The van der Waals surface area contributed by atoms with Crippen LogP contribution in [-0.4, -0.2) is 152 Å². The molecule has 4 amide bonds. The van der Waals surface area contributed by atoms with Gasteiger partial charge < -0.3 is 50.8 Å². The fourth-order valence-electron chi connectivity index (χ4n) is 14.6. The van der Waals surface area contributed by atoms with E-state index < -0.39 is 41.3 Å². The Balaban J connectivity index is 0.595. The lowest BCUT2D eigenvalue weighted by Gasteiger charge is -2.35. The van der Waals surface area contributed by atoms with Crippen LogP contribution in [0.2, 0.25) is 0 Å². The minimum Gasteiger partial charge on any atom is -0.508 e. The number of thiazole rings is 1. The Morgan fingerprint density at radius 2 is 1.64 bits per heavy atom. The second-order valence-electron chi connectivity index (χ2n) is 27.0. The van der Waals surface area contributed by atoms with E-state index in [1.165, 1.54) is 17.0 Å². The Hall–Kier alpha value is -7.14. The molecular formula is C69H89F2N11O8S. The number of likely N-dealkylation sites (tertiary alicyclic amines) is 1. The van der Waals surface area contributed by atoms with E-state index in [9.17, 15) is 29.4 Å². The molecule has 11 rings (SSSR count). The maximum absolute atomic E-state index is 17.3. The number of fused-ring (bicyclic) bond motifs is 5. The number of β-amino-alcohol motifs (C(OH)–C–C–N with tert-alkyl or cyclic N) is 1. The second-order valence-corrected chi connectivity index (χ2v) is 27.9. The number of aliphatic hydroxyl groups excluding tert-OH is 1. The summed E-state index contributed by atoms with van der Waals surface area (Å²) >= 11 is 1.58. The number of hydrogen-bond donors (Lipinski definition) is 6. The summed E-state index contributed by atoms with van der Waals surface area (Å²) in [5.74, 6) is -1.61. The number of benzene rings is 3. The molecule has 5 aliphatic rings. The molecule has 19 nitrogen and oxygen atoms in total. The number of carbonyl (C=O) groups is 4. The highest BCUT2D eigenvalue weighted by atomic mass is 32.1. The van der Waals surface area contributed by atoms with Gasteiger partial charge >= 0.3 is 12.1 Å². The molecule has 0 aliphatic carbocycles. The average molecular weight is 1270 g/mol. The molecule has 4 unspecified atom stereocenters. The largest absolute Gasteiger partial charge is 0.508 e. The van der Waals surface area contributed by atoms with Crippen molar-refractivity contribution in [2.45, 2.75) is 199 Å². The number of aromatic nitrogens is 4. The molecule has 0 saturated carbocycles. The standard InChI is InChI=1S/C69H89F2N11O8S/c1-7-51-54(70)25-22-45-31-49(83)32-52(57(45)51)59-58(71)60-53(34-73-59)63(80-35-46-23-24-47(36-80)76-46)79-66(78-60)90-39-69-27-16-30-82(69)48(26-28-69)38-89-67(88)72-29-15-13-11-9-8-10-12-14-17-56(85)77-62(68(4,5)6)65(87)81-37-50(84)33-55(81)64(86)75-41(2)43-18-20-44(21-19-43)61-42(3)74-40-91-61/h18-22,25,31-32,34,40-41,46-48,50,55,62,76,83-84H,7-17,23-24,26-30,33,35-39H2,1-6H3,(H,72,88)(H,75,86)(H,77,85)/t41-,46?,47?,48?,50+,55-,62+,69?/m0/s1. The number of carbonyl (C=O) groups excluding carboxylic acids is 4. The summed E-state index contributed by atoms with van der Waals surface area (Å²) in [6.07, 6.45) is 14.0. The Morgan fingerprint density at radius 1 is 0.901 bits per heavy atom. The maximum atomic E-state index is 17.3. The number of halogens is 2. The monoisotopic (exact) mass is 1270 g/mol. The van der Waals surface area contributed by atoms with Crippen molar-refractivity contribution < 1.29 is 47.6 Å². The molecule has 2 bridgehead atoms. The van der Waals surface area contributed by atoms with E-state index in [0.29, 0.717) is 60.0 Å². The molecule has 8 atom stereocenters. The molecular weight excluding hydrogens is 1180 g/mol. The third-order valence-electron chi connectivity index (χ3n) is 19.5. The lowest BCUT2D eigenvalue weighted by molar-refractivity contribution is -0.144. The predicted molar refractivity (Wildman–Crippen MR) is 348 cm³/mol. The van der Waals surface area contributed by atoms with E-state index in [2.05, 4.69) is 41.0 Å². The van der Waals surface area contributed by atoms with Gasteiger partial charge in [0, 0.05) is 68.9 Å². The van der Waals surface area contributed by atoms with Gasteiger partial charge in [0.05, 0.1) is 39.2 Å². The third kappa shape index (κ3) is 14.7. The Morgan fingerprint density at radius 3 is 2.35 bits per heavy atom. The lowest BCUT2D eigenvalue weighted by Crippen LogP contribution is -2.57. The summed E-state index contributed by atoms with van der Waals surface area (Å²) < 4.78 is 44.9. The Kier molecular flexibility index (Phi) is 20.4. The number of phenolic OH excluding ortho intramolecular Hbond substituents is 1. The molecule has 0 spiro atoms. The minimum atomic E-state index is -0.882. The summed E-state index contributed by atoms with van der Waals surface area (Å²) in [5, 5.41) is 35.7. The first-order chi connectivity index (χ1) is 43.8. The maximum Gasteiger partial charge on any atom is 0.407 e. The van der Waals surface area contributed by atoms with Gasteiger partial charge in [0.15, 0.2) is 5.82 Å². The molecule has 6 N–H and O–H groups in total. The van der Waals surface area contributed by atoms with E-state index in [-0.39, 0.29) is 109 Å². The van der Waals surface area contributed by atoms with Gasteiger partial charge in [-0.2, -0.15) is 9.97 Å². The summed E-state index contributed by atoms with van der Waals surface area (Å²) in [7, 11) is 0. The number of alkyl carbamates (subject to hydrolysis) is 1. The van der Waals surface area contributed by atoms with E-state index in [1.54, 1.807) is 29.7 Å². The van der Waals surface area contributed by atoms with Crippen molar-refractivity contribution in [1.82, 2.24) is 51.0 Å². The molecule has 3 aromatic carbocycles. The highest BCUT2D eigenvalue weighted by molar-refractivity contribution is 7.13. The minimum absolute atomic E-state index is 0.00975. The van der Waals surface area contributed by atoms with E-state index in [1.807, 2.05) is 71.3 Å². The fraction of sp³-hybridized carbons (Fsp3) is 0.565. The van der Waals surface area contributed by atoms with Crippen molar-refractivity contribution in [3.05, 3.63) is 88.7 Å². The number of nitrogens with one attached hydrogen (secondary N) is 4. The molecule has 6 aromatic rings. The molecule has 8 heterocycles. The van der Waals surface area contributed by atoms with E-state index in [4.69, 9.17) is 19.4 Å². The van der Waals surface area contributed by atoms with E-state index in [0.717, 1.165) is 112 Å². The number of phenols is 1. The van der Waals surface area contributed by atoms with Crippen LogP contribution in [0.4, 0.5) is 19.4 Å². The molecule has 0 radical (unpaired) electrons. The Labute approximate surface area is 535 Å². The first-order valence-electron chi connectivity index (χ1n) is 33.0. The van der Waals surface area contributed by atoms with Crippen LogP contribution >= 0.6 is 11.3 Å². The quantitative estimate of drug-likeness (QED) is 0.0292. The molecule has 5 fully saturated rings. The van der Waals surface area contributed by atoms with E-state index >= 15 is 8.78 Å².